The molecule has 1 aliphatic rings. The summed E-state index contributed by atoms with van der Waals surface area (Å²) in [6.45, 7) is 4.97. The van der Waals surface area contributed by atoms with E-state index in [1.54, 1.807) is 7.11 Å². The lowest BCUT2D eigenvalue weighted by Gasteiger charge is -2.22. The Morgan fingerprint density at radius 1 is 1.50 bits per heavy atom. The Morgan fingerprint density at radius 3 is 2.89 bits per heavy atom. The second-order valence-corrected chi connectivity index (χ2v) is 5.51. The molecule has 1 aliphatic heterocycles. The second-order valence-electron chi connectivity index (χ2n) is 5.07. The summed E-state index contributed by atoms with van der Waals surface area (Å²) in [5, 5.41) is 0.757. The van der Waals surface area contributed by atoms with Gasteiger partial charge in [-0.05, 0) is 44.0 Å². The topological polar surface area (TPSA) is 38.5 Å². The Morgan fingerprint density at radius 2 is 2.28 bits per heavy atom. The highest BCUT2D eigenvalue weighted by Crippen LogP contribution is 2.29. The van der Waals surface area contributed by atoms with Gasteiger partial charge < -0.3 is 10.5 Å². The van der Waals surface area contributed by atoms with Crippen molar-refractivity contribution in [1.29, 1.82) is 0 Å². The van der Waals surface area contributed by atoms with Crippen LogP contribution in [0.4, 0.5) is 0 Å². The van der Waals surface area contributed by atoms with Crippen molar-refractivity contribution in [3.63, 3.8) is 0 Å². The first-order valence-electron chi connectivity index (χ1n) is 6.40. The summed E-state index contributed by atoms with van der Waals surface area (Å²) >= 11 is 6.06. The Kier molecular flexibility index (Phi) is 4.49. The van der Waals surface area contributed by atoms with Crippen LogP contribution in [-0.4, -0.2) is 31.1 Å². The van der Waals surface area contributed by atoms with Gasteiger partial charge in [0.15, 0.2) is 0 Å². The molecule has 3 nitrogen and oxygen atoms in total. The first kappa shape index (κ1) is 13.7. The van der Waals surface area contributed by atoms with Crippen molar-refractivity contribution in [3.8, 4) is 5.75 Å². The molecule has 0 spiro atoms. The van der Waals surface area contributed by atoms with Crippen LogP contribution in [0.25, 0.3) is 0 Å². The van der Waals surface area contributed by atoms with E-state index in [0.717, 1.165) is 36.0 Å². The molecule has 2 rings (SSSR count). The van der Waals surface area contributed by atoms with Gasteiger partial charge in [-0.1, -0.05) is 11.6 Å². The van der Waals surface area contributed by atoms with Crippen LogP contribution < -0.4 is 10.5 Å². The van der Waals surface area contributed by atoms with Crippen LogP contribution in [0.5, 0.6) is 5.75 Å². The van der Waals surface area contributed by atoms with E-state index in [2.05, 4.69) is 11.8 Å². The minimum atomic E-state index is 0.572. The van der Waals surface area contributed by atoms with Gasteiger partial charge in [-0.25, -0.2) is 0 Å². The molecule has 2 unspecified atom stereocenters. The Labute approximate surface area is 114 Å². The van der Waals surface area contributed by atoms with Gasteiger partial charge >= 0.3 is 0 Å². The third-order valence-corrected chi connectivity index (χ3v) is 3.97. The maximum atomic E-state index is 6.06. The van der Waals surface area contributed by atoms with Gasteiger partial charge in [0.05, 0.1) is 7.11 Å². The van der Waals surface area contributed by atoms with Crippen LogP contribution in [0.15, 0.2) is 18.2 Å². The fraction of sp³-hybridized carbons (Fsp3) is 0.571. The average molecular weight is 269 g/mol. The highest BCUT2D eigenvalue weighted by atomic mass is 35.5. The van der Waals surface area contributed by atoms with Crippen molar-refractivity contribution in [1.82, 2.24) is 4.90 Å². The first-order chi connectivity index (χ1) is 8.63. The number of methoxy groups -OCH3 is 1. The summed E-state index contributed by atoms with van der Waals surface area (Å²) in [5.41, 5.74) is 6.91. The molecule has 0 saturated carbocycles. The Bertz CT molecular complexity index is 411. The number of halogens is 1. The molecule has 0 bridgehead atoms. The molecule has 1 aromatic rings. The van der Waals surface area contributed by atoms with E-state index in [1.807, 2.05) is 18.2 Å². The van der Waals surface area contributed by atoms with Crippen LogP contribution in [0.1, 0.15) is 18.9 Å². The first-order valence-corrected chi connectivity index (χ1v) is 6.78. The molecule has 0 radical (unpaired) electrons. The molecule has 1 heterocycles. The largest absolute Gasteiger partial charge is 0.496 e. The zero-order chi connectivity index (χ0) is 13.1. The number of benzene rings is 1. The van der Waals surface area contributed by atoms with Gasteiger partial charge in [0, 0.05) is 29.7 Å². The van der Waals surface area contributed by atoms with Crippen molar-refractivity contribution in [3.05, 3.63) is 28.8 Å². The van der Waals surface area contributed by atoms with E-state index >= 15 is 0 Å². The van der Waals surface area contributed by atoms with E-state index in [4.69, 9.17) is 22.1 Å². The molecule has 2 atom stereocenters. The van der Waals surface area contributed by atoms with Crippen molar-refractivity contribution >= 4 is 11.6 Å². The standard InChI is InChI=1S/C14H21ClN2O/c1-10-5-11(7-16)8-17(10)9-12-6-13(15)3-4-14(12)18-2/h3-4,6,10-11H,5,7-9,16H2,1-2H3. The van der Waals surface area contributed by atoms with Crippen LogP contribution in [0.2, 0.25) is 5.02 Å². The van der Waals surface area contributed by atoms with Gasteiger partial charge in [0.1, 0.15) is 5.75 Å². The van der Waals surface area contributed by atoms with Gasteiger partial charge in [-0.15, -0.1) is 0 Å². The molecule has 100 valence electrons. The summed E-state index contributed by atoms with van der Waals surface area (Å²) in [4.78, 5) is 2.45. The number of nitrogens with zero attached hydrogens (tertiary/aromatic N) is 1. The number of nitrogens with two attached hydrogens (primary N) is 1. The van der Waals surface area contributed by atoms with Crippen molar-refractivity contribution in [2.75, 3.05) is 20.2 Å². The van der Waals surface area contributed by atoms with Gasteiger partial charge in [0.2, 0.25) is 0 Å². The number of ether oxygens (including phenoxy) is 1. The molecular formula is C14H21ClN2O. The third kappa shape index (κ3) is 2.97. The molecule has 1 saturated heterocycles. The lowest BCUT2D eigenvalue weighted by molar-refractivity contribution is 0.251. The Balaban J connectivity index is 2.11. The normalized spacial score (nSPS) is 24.4. The van der Waals surface area contributed by atoms with Gasteiger partial charge in [0.25, 0.3) is 0 Å². The monoisotopic (exact) mass is 268 g/mol. The van der Waals surface area contributed by atoms with Crippen LogP contribution in [0, 0.1) is 5.92 Å². The van der Waals surface area contributed by atoms with E-state index in [9.17, 15) is 0 Å². The predicted molar refractivity (Wildman–Crippen MR) is 75.0 cm³/mol. The maximum absolute atomic E-state index is 6.06. The fourth-order valence-electron chi connectivity index (χ4n) is 2.70. The summed E-state index contributed by atoms with van der Waals surface area (Å²) in [7, 11) is 1.70. The maximum Gasteiger partial charge on any atom is 0.123 e. The number of likely N-dealkylation sites (tertiary alicyclic amines) is 1. The molecule has 0 amide bonds. The summed E-state index contributed by atoms with van der Waals surface area (Å²) < 4.78 is 5.39. The van der Waals surface area contributed by atoms with Crippen molar-refractivity contribution < 1.29 is 4.74 Å². The summed E-state index contributed by atoms with van der Waals surface area (Å²) in [6.07, 6.45) is 1.18. The van der Waals surface area contributed by atoms with Crippen molar-refractivity contribution in [2.24, 2.45) is 11.7 Å². The van der Waals surface area contributed by atoms with E-state index < -0.39 is 0 Å². The molecule has 2 N–H and O–H groups in total. The quantitative estimate of drug-likeness (QED) is 0.912. The lowest BCUT2D eigenvalue weighted by atomic mass is 10.1. The van der Waals surface area contributed by atoms with Crippen LogP contribution in [-0.2, 0) is 6.54 Å². The smallest absolute Gasteiger partial charge is 0.123 e. The SMILES string of the molecule is COc1ccc(Cl)cc1CN1CC(CN)CC1C. The van der Waals surface area contributed by atoms with Gasteiger partial charge in [-0.3, -0.25) is 4.90 Å². The van der Waals surface area contributed by atoms with Gasteiger partial charge in [-0.2, -0.15) is 0 Å². The molecular weight excluding hydrogens is 248 g/mol. The molecule has 0 aliphatic carbocycles. The van der Waals surface area contributed by atoms with Crippen LogP contribution >= 0.6 is 11.6 Å². The number of hydrogen-bond acceptors (Lipinski definition) is 3. The summed E-state index contributed by atoms with van der Waals surface area (Å²) in [6, 6.07) is 6.35. The second kappa shape index (κ2) is 5.91. The fourth-order valence-corrected chi connectivity index (χ4v) is 2.89. The third-order valence-electron chi connectivity index (χ3n) is 3.74. The zero-order valence-electron chi connectivity index (χ0n) is 11.0. The minimum Gasteiger partial charge on any atom is -0.496 e. The Hall–Kier alpha value is -0.770. The van der Waals surface area contributed by atoms with E-state index in [0.29, 0.717) is 12.0 Å². The van der Waals surface area contributed by atoms with E-state index in [1.165, 1.54) is 6.42 Å². The highest BCUT2D eigenvalue weighted by Gasteiger charge is 2.28. The van der Waals surface area contributed by atoms with Crippen LogP contribution in [0.3, 0.4) is 0 Å². The lowest BCUT2D eigenvalue weighted by Crippen LogP contribution is -2.27. The molecule has 0 aromatic heterocycles. The average Bonchev–Trinajstić information content (AvgIpc) is 2.71. The molecule has 18 heavy (non-hydrogen) atoms. The predicted octanol–water partition coefficient (Wildman–Crippen LogP) is 2.52. The summed E-state index contributed by atoms with van der Waals surface area (Å²) in [5.74, 6) is 1.52. The highest BCUT2D eigenvalue weighted by molar-refractivity contribution is 6.30. The van der Waals surface area contributed by atoms with Crippen molar-refractivity contribution in [2.45, 2.75) is 25.9 Å². The zero-order valence-corrected chi connectivity index (χ0v) is 11.8. The number of rotatable bonds is 4. The molecule has 1 fully saturated rings. The van der Waals surface area contributed by atoms with E-state index in [-0.39, 0.29) is 0 Å². The number of hydrogen-bond donors (Lipinski definition) is 1. The minimum absolute atomic E-state index is 0.572. The molecule has 1 aromatic carbocycles. The molecule has 4 heteroatoms.